The lowest BCUT2D eigenvalue weighted by Gasteiger charge is -2.16. The van der Waals surface area contributed by atoms with E-state index in [0.717, 1.165) is 48.4 Å². The molecule has 0 spiro atoms. The van der Waals surface area contributed by atoms with Crippen molar-refractivity contribution >= 4 is 0 Å². The standard InChI is InChI=1S/C19H23NO3/c1-20-8-6-13-4-5-15(22-2)11-16(13)17-12-19(23-3)18(21)10-14(17)7-9-20/h4-5,10-12,21H,6-9H2,1-3H3. The molecule has 0 aromatic heterocycles. The second-order valence-corrected chi connectivity index (χ2v) is 6.01. The Morgan fingerprint density at radius 3 is 2.30 bits per heavy atom. The second-order valence-electron chi connectivity index (χ2n) is 6.01. The van der Waals surface area contributed by atoms with Gasteiger partial charge in [0.1, 0.15) is 5.75 Å². The predicted octanol–water partition coefficient (Wildman–Crippen LogP) is 3.11. The largest absolute Gasteiger partial charge is 0.504 e. The van der Waals surface area contributed by atoms with Crippen LogP contribution in [0.2, 0.25) is 0 Å². The summed E-state index contributed by atoms with van der Waals surface area (Å²) in [4.78, 5) is 2.32. The number of aromatic hydroxyl groups is 1. The van der Waals surface area contributed by atoms with E-state index in [4.69, 9.17) is 9.47 Å². The van der Waals surface area contributed by atoms with Gasteiger partial charge in [-0.25, -0.2) is 0 Å². The minimum absolute atomic E-state index is 0.192. The second kappa shape index (κ2) is 6.50. The molecule has 0 amide bonds. The summed E-state index contributed by atoms with van der Waals surface area (Å²) in [6.07, 6.45) is 1.87. The van der Waals surface area contributed by atoms with Crippen LogP contribution in [0, 0.1) is 0 Å². The van der Waals surface area contributed by atoms with Gasteiger partial charge in [-0.2, -0.15) is 0 Å². The fraction of sp³-hybridized carbons (Fsp3) is 0.368. The topological polar surface area (TPSA) is 41.9 Å². The zero-order chi connectivity index (χ0) is 16.4. The van der Waals surface area contributed by atoms with Gasteiger partial charge >= 0.3 is 0 Å². The molecule has 0 aliphatic carbocycles. The SMILES string of the molecule is COc1ccc2c(c1)-c1cc(OC)c(O)cc1CCN(C)CC2. The summed E-state index contributed by atoms with van der Waals surface area (Å²) in [5.74, 6) is 1.54. The molecule has 1 N–H and O–H groups in total. The van der Waals surface area contributed by atoms with Crippen molar-refractivity contribution in [1.29, 1.82) is 0 Å². The van der Waals surface area contributed by atoms with Gasteiger partial charge in [-0.3, -0.25) is 0 Å². The number of likely N-dealkylation sites (N-methyl/N-ethyl adjacent to an activating group) is 1. The number of hydrogen-bond acceptors (Lipinski definition) is 4. The Hall–Kier alpha value is -2.20. The third-order valence-corrected chi connectivity index (χ3v) is 4.54. The molecule has 1 heterocycles. The van der Waals surface area contributed by atoms with Gasteiger partial charge < -0.3 is 19.5 Å². The van der Waals surface area contributed by atoms with Crippen LogP contribution < -0.4 is 9.47 Å². The van der Waals surface area contributed by atoms with Crippen LogP contribution in [0.3, 0.4) is 0 Å². The number of benzene rings is 2. The zero-order valence-corrected chi connectivity index (χ0v) is 13.9. The van der Waals surface area contributed by atoms with Crippen LogP contribution in [-0.4, -0.2) is 44.4 Å². The van der Waals surface area contributed by atoms with E-state index in [0.29, 0.717) is 5.75 Å². The van der Waals surface area contributed by atoms with E-state index in [1.807, 2.05) is 18.2 Å². The van der Waals surface area contributed by atoms with Gasteiger partial charge in [0.05, 0.1) is 14.2 Å². The Morgan fingerprint density at radius 2 is 1.61 bits per heavy atom. The van der Waals surface area contributed by atoms with Crippen LogP contribution in [0.25, 0.3) is 11.1 Å². The van der Waals surface area contributed by atoms with Gasteiger partial charge in [0.15, 0.2) is 11.5 Å². The third kappa shape index (κ3) is 3.13. The van der Waals surface area contributed by atoms with Crippen molar-refractivity contribution in [2.45, 2.75) is 12.8 Å². The Morgan fingerprint density at radius 1 is 0.913 bits per heavy atom. The van der Waals surface area contributed by atoms with Gasteiger partial charge in [-0.1, -0.05) is 6.07 Å². The fourth-order valence-corrected chi connectivity index (χ4v) is 3.12. The molecule has 4 heteroatoms. The normalized spacial score (nSPS) is 14.9. The number of hydrogen-bond donors (Lipinski definition) is 1. The monoisotopic (exact) mass is 313 g/mol. The van der Waals surface area contributed by atoms with Crippen LogP contribution in [0.4, 0.5) is 0 Å². The van der Waals surface area contributed by atoms with Crippen molar-refractivity contribution < 1.29 is 14.6 Å². The van der Waals surface area contributed by atoms with Crippen LogP contribution in [0.5, 0.6) is 17.2 Å². The average Bonchev–Trinajstić information content (AvgIpc) is 2.63. The summed E-state index contributed by atoms with van der Waals surface area (Å²) in [5, 5.41) is 10.2. The molecule has 1 aliphatic rings. The molecule has 23 heavy (non-hydrogen) atoms. The summed E-state index contributed by atoms with van der Waals surface area (Å²) < 4.78 is 10.7. The summed E-state index contributed by atoms with van der Waals surface area (Å²) in [7, 11) is 5.40. The van der Waals surface area contributed by atoms with E-state index in [2.05, 4.69) is 24.1 Å². The number of nitrogens with zero attached hydrogens (tertiary/aromatic N) is 1. The van der Waals surface area contributed by atoms with Gasteiger partial charge in [-0.15, -0.1) is 0 Å². The van der Waals surface area contributed by atoms with E-state index in [1.165, 1.54) is 5.56 Å². The maximum atomic E-state index is 10.2. The Bertz CT molecular complexity index is 712. The molecule has 2 aromatic rings. The fourth-order valence-electron chi connectivity index (χ4n) is 3.12. The molecular formula is C19H23NO3. The summed E-state index contributed by atoms with van der Waals surface area (Å²) >= 11 is 0. The molecule has 0 fully saturated rings. The highest BCUT2D eigenvalue weighted by Gasteiger charge is 2.18. The Balaban J connectivity index is 2.22. The van der Waals surface area contributed by atoms with E-state index < -0.39 is 0 Å². The number of methoxy groups -OCH3 is 2. The van der Waals surface area contributed by atoms with Crippen molar-refractivity contribution in [2.24, 2.45) is 0 Å². The molecule has 0 radical (unpaired) electrons. The van der Waals surface area contributed by atoms with Crippen molar-refractivity contribution in [3.8, 4) is 28.4 Å². The third-order valence-electron chi connectivity index (χ3n) is 4.54. The number of rotatable bonds is 2. The van der Waals surface area contributed by atoms with Gasteiger partial charge in [0.2, 0.25) is 0 Å². The number of phenolic OH excluding ortho intramolecular Hbond substituents is 1. The van der Waals surface area contributed by atoms with Crippen molar-refractivity contribution in [2.75, 3.05) is 34.4 Å². The first-order valence-corrected chi connectivity index (χ1v) is 7.88. The minimum atomic E-state index is 0.192. The summed E-state index contributed by atoms with van der Waals surface area (Å²) in [5.41, 5.74) is 4.69. The lowest BCUT2D eigenvalue weighted by molar-refractivity contribution is 0.343. The van der Waals surface area contributed by atoms with Crippen LogP contribution in [-0.2, 0) is 12.8 Å². The molecular weight excluding hydrogens is 290 g/mol. The van der Waals surface area contributed by atoms with Gasteiger partial charge in [-0.05, 0) is 66.4 Å². The van der Waals surface area contributed by atoms with E-state index >= 15 is 0 Å². The summed E-state index contributed by atoms with van der Waals surface area (Å²) in [6, 6.07) is 9.99. The molecule has 0 bridgehead atoms. The van der Waals surface area contributed by atoms with Crippen molar-refractivity contribution in [1.82, 2.24) is 4.90 Å². The summed E-state index contributed by atoms with van der Waals surface area (Å²) in [6.45, 7) is 1.97. The maximum Gasteiger partial charge on any atom is 0.161 e. The first kappa shape index (κ1) is 15.7. The molecule has 4 nitrogen and oxygen atoms in total. The number of fused-ring (bicyclic) bond motifs is 3. The molecule has 0 saturated heterocycles. The molecule has 0 saturated carbocycles. The average molecular weight is 313 g/mol. The molecule has 0 unspecified atom stereocenters. The van der Waals surface area contributed by atoms with Gasteiger partial charge in [0, 0.05) is 13.1 Å². The smallest absolute Gasteiger partial charge is 0.161 e. The van der Waals surface area contributed by atoms with Crippen LogP contribution in [0.15, 0.2) is 30.3 Å². The lowest BCUT2D eigenvalue weighted by Crippen LogP contribution is -2.23. The Kier molecular flexibility index (Phi) is 4.44. The Labute approximate surface area is 137 Å². The highest BCUT2D eigenvalue weighted by molar-refractivity contribution is 5.75. The molecule has 0 atom stereocenters. The first-order valence-electron chi connectivity index (χ1n) is 7.88. The zero-order valence-electron chi connectivity index (χ0n) is 13.9. The van der Waals surface area contributed by atoms with Crippen molar-refractivity contribution in [3.63, 3.8) is 0 Å². The highest BCUT2D eigenvalue weighted by Crippen LogP contribution is 2.38. The molecule has 2 aromatic carbocycles. The highest BCUT2D eigenvalue weighted by atomic mass is 16.5. The van der Waals surface area contributed by atoms with Gasteiger partial charge in [0.25, 0.3) is 0 Å². The molecule has 1 aliphatic heterocycles. The van der Waals surface area contributed by atoms with E-state index in [1.54, 1.807) is 14.2 Å². The van der Waals surface area contributed by atoms with Crippen molar-refractivity contribution in [3.05, 3.63) is 41.5 Å². The maximum absolute atomic E-state index is 10.2. The molecule has 122 valence electrons. The van der Waals surface area contributed by atoms with Crippen LogP contribution >= 0.6 is 0 Å². The van der Waals surface area contributed by atoms with Crippen LogP contribution in [0.1, 0.15) is 11.1 Å². The first-order chi connectivity index (χ1) is 11.1. The number of phenols is 1. The number of ether oxygens (including phenoxy) is 2. The van der Waals surface area contributed by atoms with E-state index in [-0.39, 0.29) is 5.75 Å². The predicted molar refractivity (Wildman–Crippen MR) is 91.6 cm³/mol. The molecule has 3 rings (SSSR count). The van der Waals surface area contributed by atoms with E-state index in [9.17, 15) is 5.11 Å². The quantitative estimate of drug-likeness (QED) is 0.925. The minimum Gasteiger partial charge on any atom is -0.504 e. The lowest BCUT2D eigenvalue weighted by atomic mass is 9.92.